The summed E-state index contributed by atoms with van der Waals surface area (Å²) < 4.78 is 0. The van der Waals surface area contributed by atoms with Gasteiger partial charge in [0.2, 0.25) is 5.91 Å². The summed E-state index contributed by atoms with van der Waals surface area (Å²) in [4.78, 5) is 11.8. The van der Waals surface area contributed by atoms with Gasteiger partial charge in [0.1, 0.15) is 5.75 Å². The van der Waals surface area contributed by atoms with Gasteiger partial charge in [0.25, 0.3) is 0 Å². The lowest BCUT2D eigenvalue weighted by atomic mass is 9.94. The quantitative estimate of drug-likeness (QED) is 0.632. The number of nitrogens with one attached hydrogen (secondary N) is 1. The predicted molar refractivity (Wildman–Crippen MR) is 78.0 cm³/mol. The summed E-state index contributed by atoms with van der Waals surface area (Å²) in [6.07, 6.45) is 4.65. The zero-order valence-electron chi connectivity index (χ0n) is 11.6. The molecular weight excluding hydrogens is 240 g/mol. The molecule has 1 aromatic carbocycles. The van der Waals surface area contributed by atoms with Crippen LogP contribution >= 0.6 is 0 Å². The lowest BCUT2D eigenvalue weighted by molar-refractivity contribution is -0.116. The summed E-state index contributed by atoms with van der Waals surface area (Å²) in [6, 6.07) is 6.50. The van der Waals surface area contributed by atoms with Crippen LogP contribution in [0.2, 0.25) is 0 Å². The van der Waals surface area contributed by atoms with Crippen LogP contribution in [0.5, 0.6) is 5.75 Å². The van der Waals surface area contributed by atoms with Crippen LogP contribution in [0, 0.1) is 5.92 Å². The van der Waals surface area contributed by atoms with E-state index in [2.05, 4.69) is 12.2 Å². The van der Waals surface area contributed by atoms with E-state index in [0.29, 0.717) is 24.6 Å². The average molecular weight is 264 g/mol. The largest absolute Gasteiger partial charge is 0.508 e. The van der Waals surface area contributed by atoms with Crippen molar-refractivity contribution in [3.8, 4) is 5.75 Å². The highest BCUT2D eigenvalue weighted by Gasteiger charge is 2.10. The average Bonchev–Trinajstić information content (AvgIpc) is 2.39. The summed E-state index contributed by atoms with van der Waals surface area (Å²) in [6.45, 7) is 2.84. The minimum Gasteiger partial charge on any atom is -0.508 e. The van der Waals surface area contributed by atoms with Crippen molar-refractivity contribution in [3.05, 3.63) is 24.3 Å². The maximum atomic E-state index is 11.8. The highest BCUT2D eigenvalue weighted by Crippen LogP contribution is 2.18. The van der Waals surface area contributed by atoms with E-state index >= 15 is 0 Å². The Labute approximate surface area is 115 Å². The number of hydrogen-bond acceptors (Lipinski definition) is 3. The molecule has 1 atom stereocenters. The second-order valence-electron chi connectivity index (χ2n) is 4.87. The third-order valence-corrected chi connectivity index (χ3v) is 3.20. The molecule has 0 radical (unpaired) electrons. The fourth-order valence-corrected chi connectivity index (χ4v) is 2.18. The minimum absolute atomic E-state index is 0.0174. The number of phenols is 1. The van der Waals surface area contributed by atoms with Crippen LogP contribution < -0.4 is 11.1 Å². The number of phenolic OH excluding ortho intramolecular Hbond substituents is 1. The van der Waals surface area contributed by atoms with Crippen LogP contribution in [0.4, 0.5) is 5.69 Å². The fraction of sp³-hybridized carbons (Fsp3) is 0.533. The van der Waals surface area contributed by atoms with Crippen molar-refractivity contribution in [2.75, 3.05) is 11.9 Å². The van der Waals surface area contributed by atoms with Gasteiger partial charge in [0, 0.05) is 12.1 Å². The van der Waals surface area contributed by atoms with E-state index in [9.17, 15) is 4.79 Å². The SMILES string of the molecule is CCCC(CCN)CCC(=O)Nc1ccc(O)cc1. The zero-order chi connectivity index (χ0) is 14.1. The van der Waals surface area contributed by atoms with E-state index in [1.807, 2.05) is 0 Å². The van der Waals surface area contributed by atoms with Crippen LogP contribution in [-0.2, 0) is 4.79 Å². The van der Waals surface area contributed by atoms with E-state index in [1.165, 1.54) is 0 Å². The van der Waals surface area contributed by atoms with Gasteiger partial charge >= 0.3 is 0 Å². The maximum absolute atomic E-state index is 11.8. The van der Waals surface area contributed by atoms with E-state index in [-0.39, 0.29) is 11.7 Å². The van der Waals surface area contributed by atoms with Gasteiger partial charge in [-0.1, -0.05) is 19.8 Å². The molecule has 0 aliphatic heterocycles. The molecule has 4 nitrogen and oxygen atoms in total. The van der Waals surface area contributed by atoms with Gasteiger partial charge in [-0.15, -0.1) is 0 Å². The van der Waals surface area contributed by atoms with Crippen molar-refractivity contribution in [2.24, 2.45) is 11.7 Å². The molecule has 0 aliphatic carbocycles. The number of benzene rings is 1. The number of carbonyl (C=O) groups excluding carboxylic acids is 1. The van der Waals surface area contributed by atoms with E-state index in [0.717, 1.165) is 25.7 Å². The van der Waals surface area contributed by atoms with Crippen molar-refractivity contribution < 1.29 is 9.90 Å². The minimum atomic E-state index is 0.0174. The Balaban J connectivity index is 2.35. The molecule has 0 saturated heterocycles. The first-order valence-corrected chi connectivity index (χ1v) is 6.94. The molecular formula is C15H24N2O2. The molecule has 0 heterocycles. The molecule has 1 rings (SSSR count). The van der Waals surface area contributed by atoms with E-state index < -0.39 is 0 Å². The lowest BCUT2D eigenvalue weighted by Gasteiger charge is -2.14. The van der Waals surface area contributed by atoms with Gasteiger partial charge in [0.15, 0.2) is 0 Å². The second kappa shape index (κ2) is 8.53. The second-order valence-corrected chi connectivity index (χ2v) is 4.87. The van der Waals surface area contributed by atoms with E-state index in [1.54, 1.807) is 24.3 Å². The standard InChI is InChI=1S/C15H24N2O2/c1-2-3-12(10-11-16)4-9-15(19)17-13-5-7-14(18)8-6-13/h5-8,12,18H,2-4,9-11,16H2,1H3,(H,17,19). The first-order chi connectivity index (χ1) is 9.15. The predicted octanol–water partition coefficient (Wildman–Crippen LogP) is 2.88. The van der Waals surface area contributed by atoms with Crippen LogP contribution in [-0.4, -0.2) is 17.6 Å². The normalized spacial score (nSPS) is 12.1. The van der Waals surface area contributed by atoms with Crippen molar-refractivity contribution in [1.29, 1.82) is 0 Å². The van der Waals surface area contributed by atoms with Crippen molar-refractivity contribution in [3.63, 3.8) is 0 Å². The number of rotatable bonds is 8. The highest BCUT2D eigenvalue weighted by molar-refractivity contribution is 5.90. The summed E-state index contributed by atoms with van der Waals surface area (Å²) >= 11 is 0. The van der Waals surface area contributed by atoms with Crippen molar-refractivity contribution in [2.45, 2.75) is 39.0 Å². The lowest BCUT2D eigenvalue weighted by Crippen LogP contribution is -2.15. The molecule has 1 amide bonds. The smallest absolute Gasteiger partial charge is 0.224 e. The number of anilines is 1. The summed E-state index contributed by atoms with van der Waals surface area (Å²) in [7, 11) is 0. The van der Waals surface area contributed by atoms with Crippen LogP contribution in [0.25, 0.3) is 0 Å². The molecule has 0 fully saturated rings. The van der Waals surface area contributed by atoms with Crippen LogP contribution in [0.15, 0.2) is 24.3 Å². The van der Waals surface area contributed by atoms with Gasteiger partial charge in [0.05, 0.1) is 0 Å². The molecule has 106 valence electrons. The monoisotopic (exact) mass is 264 g/mol. The van der Waals surface area contributed by atoms with Crippen molar-refractivity contribution >= 4 is 11.6 Å². The number of aromatic hydroxyl groups is 1. The molecule has 4 N–H and O–H groups in total. The third-order valence-electron chi connectivity index (χ3n) is 3.20. The Morgan fingerprint density at radius 2 is 1.95 bits per heavy atom. The summed E-state index contributed by atoms with van der Waals surface area (Å²) in [5.74, 6) is 0.758. The Morgan fingerprint density at radius 1 is 1.26 bits per heavy atom. The van der Waals surface area contributed by atoms with Crippen LogP contribution in [0.1, 0.15) is 39.0 Å². The maximum Gasteiger partial charge on any atom is 0.224 e. The molecule has 19 heavy (non-hydrogen) atoms. The molecule has 0 spiro atoms. The zero-order valence-corrected chi connectivity index (χ0v) is 11.6. The number of amides is 1. The van der Waals surface area contributed by atoms with Gasteiger partial charge in [-0.2, -0.15) is 0 Å². The highest BCUT2D eigenvalue weighted by atomic mass is 16.3. The first-order valence-electron chi connectivity index (χ1n) is 6.94. The number of hydrogen-bond donors (Lipinski definition) is 3. The number of carbonyl (C=O) groups is 1. The Kier molecular flexibility index (Phi) is 6.97. The van der Waals surface area contributed by atoms with Crippen molar-refractivity contribution in [1.82, 2.24) is 0 Å². The Bertz CT molecular complexity index is 370. The fourth-order valence-electron chi connectivity index (χ4n) is 2.18. The molecule has 0 saturated carbocycles. The van der Waals surface area contributed by atoms with Gasteiger partial charge in [-0.3, -0.25) is 4.79 Å². The molecule has 0 aliphatic rings. The molecule has 1 aromatic rings. The molecule has 0 bridgehead atoms. The Morgan fingerprint density at radius 3 is 2.53 bits per heavy atom. The summed E-state index contributed by atoms with van der Waals surface area (Å²) in [5.41, 5.74) is 6.30. The molecule has 0 aromatic heterocycles. The van der Waals surface area contributed by atoms with E-state index in [4.69, 9.17) is 10.8 Å². The third kappa shape index (κ3) is 6.25. The molecule has 1 unspecified atom stereocenters. The molecule has 4 heteroatoms. The van der Waals surface area contributed by atoms with Gasteiger partial charge < -0.3 is 16.2 Å². The Hall–Kier alpha value is -1.55. The summed E-state index contributed by atoms with van der Waals surface area (Å²) in [5, 5.41) is 12.0. The topological polar surface area (TPSA) is 75.4 Å². The van der Waals surface area contributed by atoms with Gasteiger partial charge in [-0.05, 0) is 49.6 Å². The number of nitrogens with two attached hydrogens (primary N) is 1. The first kappa shape index (κ1) is 15.5. The van der Waals surface area contributed by atoms with Crippen LogP contribution in [0.3, 0.4) is 0 Å². The van der Waals surface area contributed by atoms with Gasteiger partial charge in [-0.25, -0.2) is 0 Å².